The number of hydrogen-bond acceptors (Lipinski definition) is 2. The molecule has 1 fully saturated rings. The number of aryl methyl sites for hydroxylation is 1. The van der Waals surface area contributed by atoms with E-state index in [1.807, 2.05) is 0 Å². The van der Waals surface area contributed by atoms with Crippen LogP contribution in [0.5, 0.6) is 0 Å². The SMILES string of the molecule is CCc1ccc(C(O)C2CCOCC2)cc1. The lowest BCUT2D eigenvalue weighted by Crippen LogP contribution is -2.21. The average Bonchev–Trinajstić information content (AvgIpc) is 2.39. The van der Waals surface area contributed by atoms with Crippen LogP contribution < -0.4 is 0 Å². The van der Waals surface area contributed by atoms with Gasteiger partial charge < -0.3 is 9.84 Å². The van der Waals surface area contributed by atoms with E-state index in [4.69, 9.17) is 4.74 Å². The first-order valence-corrected chi connectivity index (χ1v) is 6.16. The van der Waals surface area contributed by atoms with E-state index in [2.05, 4.69) is 31.2 Å². The van der Waals surface area contributed by atoms with Crippen LogP contribution in [0.25, 0.3) is 0 Å². The highest BCUT2D eigenvalue weighted by atomic mass is 16.5. The molecule has 0 bridgehead atoms. The Morgan fingerprint density at radius 2 is 1.88 bits per heavy atom. The summed E-state index contributed by atoms with van der Waals surface area (Å²) in [6, 6.07) is 8.33. The van der Waals surface area contributed by atoms with Gasteiger partial charge >= 0.3 is 0 Å². The van der Waals surface area contributed by atoms with Gasteiger partial charge in [0.1, 0.15) is 0 Å². The van der Waals surface area contributed by atoms with E-state index in [9.17, 15) is 5.11 Å². The van der Waals surface area contributed by atoms with Gasteiger partial charge in [0.05, 0.1) is 6.10 Å². The Morgan fingerprint density at radius 3 is 2.44 bits per heavy atom. The molecule has 1 N–H and O–H groups in total. The minimum atomic E-state index is -0.324. The first-order chi connectivity index (χ1) is 7.81. The Labute approximate surface area is 97.3 Å². The Morgan fingerprint density at radius 1 is 1.25 bits per heavy atom. The van der Waals surface area contributed by atoms with Crippen molar-refractivity contribution in [1.82, 2.24) is 0 Å². The summed E-state index contributed by atoms with van der Waals surface area (Å²) in [6.45, 7) is 3.72. The average molecular weight is 220 g/mol. The fourth-order valence-electron chi connectivity index (χ4n) is 2.25. The Bertz CT molecular complexity index is 312. The molecule has 0 aliphatic carbocycles. The Balaban J connectivity index is 2.04. The van der Waals surface area contributed by atoms with Crippen molar-refractivity contribution in [3.63, 3.8) is 0 Å². The molecule has 1 atom stereocenters. The molecule has 0 amide bonds. The second kappa shape index (κ2) is 5.46. The quantitative estimate of drug-likeness (QED) is 0.848. The summed E-state index contributed by atoms with van der Waals surface area (Å²) in [5, 5.41) is 10.3. The van der Waals surface area contributed by atoms with Gasteiger partial charge in [0.15, 0.2) is 0 Å². The van der Waals surface area contributed by atoms with Crippen molar-refractivity contribution in [3.8, 4) is 0 Å². The smallest absolute Gasteiger partial charge is 0.0819 e. The standard InChI is InChI=1S/C14H20O2/c1-2-11-3-5-12(6-4-11)14(15)13-7-9-16-10-8-13/h3-6,13-15H,2,7-10H2,1H3. The van der Waals surface area contributed by atoms with Gasteiger partial charge in [-0.2, -0.15) is 0 Å². The summed E-state index contributed by atoms with van der Waals surface area (Å²) < 4.78 is 5.31. The van der Waals surface area contributed by atoms with Crippen LogP contribution in [0.4, 0.5) is 0 Å². The zero-order valence-electron chi connectivity index (χ0n) is 9.86. The van der Waals surface area contributed by atoms with Crippen LogP contribution in [-0.4, -0.2) is 18.3 Å². The Hall–Kier alpha value is -0.860. The molecule has 1 aromatic carbocycles. The third-order valence-corrected chi connectivity index (χ3v) is 3.44. The summed E-state index contributed by atoms with van der Waals surface area (Å²) in [6.07, 6.45) is 2.66. The largest absolute Gasteiger partial charge is 0.388 e. The minimum Gasteiger partial charge on any atom is -0.388 e. The summed E-state index contributed by atoms with van der Waals surface area (Å²) >= 11 is 0. The normalized spacial score (nSPS) is 19.6. The van der Waals surface area contributed by atoms with E-state index in [0.717, 1.165) is 38.0 Å². The molecule has 16 heavy (non-hydrogen) atoms. The van der Waals surface area contributed by atoms with E-state index in [1.54, 1.807) is 0 Å². The van der Waals surface area contributed by atoms with Crippen LogP contribution in [0.15, 0.2) is 24.3 Å². The summed E-state index contributed by atoms with van der Waals surface area (Å²) in [5.74, 6) is 0.362. The fraction of sp³-hybridized carbons (Fsp3) is 0.571. The van der Waals surface area contributed by atoms with Gasteiger partial charge in [-0.3, -0.25) is 0 Å². The zero-order chi connectivity index (χ0) is 11.4. The van der Waals surface area contributed by atoms with Crippen LogP contribution >= 0.6 is 0 Å². The van der Waals surface area contributed by atoms with Crippen LogP contribution in [0.3, 0.4) is 0 Å². The molecule has 0 aromatic heterocycles. The zero-order valence-corrected chi connectivity index (χ0v) is 9.86. The monoisotopic (exact) mass is 220 g/mol. The van der Waals surface area contributed by atoms with Crippen molar-refractivity contribution in [2.24, 2.45) is 5.92 Å². The molecule has 1 saturated heterocycles. The van der Waals surface area contributed by atoms with Gasteiger partial charge in [0.2, 0.25) is 0 Å². The maximum atomic E-state index is 10.3. The maximum Gasteiger partial charge on any atom is 0.0819 e. The van der Waals surface area contributed by atoms with Gasteiger partial charge in [-0.1, -0.05) is 31.2 Å². The van der Waals surface area contributed by atoms with Crippen LogP contribution in [0.1, 0.15) is 37.0 Å². The lowest BCUT2D eigenvalue weighted by atomic mass is 9.89. The van der Waals surface area contributed by atoms with Gasteiger partial charge in [0.25, 0.3) is 0 Å². The molecule has 1 aliphatic heterocycles. The first kappa shape index (κ1) is 11.6. The van der Waals surface area contributed by atoms with Crippen LogP contribution in [0, 0.1) is 5.92 Å². The molecule has 1 aromatic rings. The molecule has 1 aliphatic rings. The predicted octanol–water partition coefficient (Wildman–Crippen LogP) is 2.71. The number of hydrogen-bond donors (Lipinski definition) is 1. The highest BCUT2D eigenvalue weighted by Crippen LogP contribution is 2.29. The summed E-state index contributed by atoms with van der Waals surface area (Å²) in [5.41, 5.74) is 2.37. The molecule has 1 unspecified atom stereocenters. The van der Waals surface area contributed by atoms with Gasteiger partial charge in [0, 0.05) is 13.2 Å². The predicted molar refractivity (Wildman–Crippen MR) is 64.3 cm³/mol. The van der Waals surface area contributed by atoms with Crippen molar-refractivity contribution < 1.29 is 9.84 Å². The minimum absolute atomic E-state index is 0.324. The lowest BCUT2D eigenvalue weighted by molar-refractivity contribution is 0.00718. The lowest BCUT2D eigenvalue weighted by Gasteiger charge is -2.27. The van der Waals surface area contributed by atoms with Crippen molar-refractivity contribution >= 4 is 0 Å². The van der Waals surface area contributed by atoms with E-state index in [1.165, 1.54) is 5.56 Å². The van der Waals surface area contributed by atoms with Crippen molar-refractivity contribution in [3.05, 3.63) is 35.4 Å². The highest BCUT2D eigenvalue weighted by Gasteiger charge is 2.23. The number of rotatable bonds is 3. The van der Waals surface area contributed by atoms with Gasteiger partial charge in [-0.15, -0.1) is 0 Å². The summed E-state index contributed by atoms with van der Waals surface area (Å²) in [4.78, 5) is 0. The molecule has 2 nitrogen and oxygen atoms in total. The molecule has 1 heterocycles. The molecule has 0 saturated carbocycles. The molecule has 2 rings (SSSR count). The van der Waals surface area contributed by atoms with Crippen molar-refractivity contribution in [2.45, 2.75) is 32.3 Å². The highest BCUT2D eigenvalue weighted by molar-refractivity contribution is 5.24. The Kier molecular flexibility index (Phi) is 3.97. The first-order valence-electron chi connectivity index (χ1n) is 6.16. The molecule has 0 radical (unpaired) electrons. The van der Waals surface area contributed by atoms with E-state index >= 15 is 0 Å². The number of aliphatic hydroxyl groups is 1. The van der Waals surface area contributed by atoms with Gasteiger partial charge in [-0.25, -0.2) is 0 Å². The third kappa shape index (κ3) is 2.63. The van der Waals surface area contributed by atoms with E-state index in [-0.39, 0.29) is 6.10 Å². The number of benzene rings is 1. The summed E-state index contributed by atoms with van der Waals surface area (Å²) in [7, 11) is 0. The molecular formula is C14H20O2. The van der Waals surface area contributed by atoms with Crippen molar-refractivity contribution in [2.75, 3.05) is 13.2 Å². The second-order valence-corrected chi connectivity index (χ2v) is 4.49. The second-order valence-electron chi connectivity index (χ2n) is 4.49. The number of aliphatic hydroxyl groups excluding tert-OH is 1. The van der Waals surface area contributed by atoms with Gasteiger partial charge in [-0.05, 0) is 36.3 Å². The van der Waals surface area contributed by atoms with Crippen LogP contribution in [0.2, 0.25) is 0 Å². The maximum absolute atomic E-state index is 10.3. The van der Waals surface area contributed by atoms with Crippen LogP contribution in [-0.2, 0) is 11.2 Å². The topological polar surface area (TPSA) is 29.5 Å². The molecule has 0 spiro atoms. The molecule has 2 heteroatoms. The fourth-order valence-corrected chi connectivity index (χ4v) is 2.25. The van der Waals surface area contributed by atoms with E-state index in [0.29, 0.717) is 5.92 Å². The molecule has 88 valence electrons. The van der Waals surface area contributed by atoms with E-state index < -0.39 is 0 Å². The van der Waals surface area contributed by atoms with Crippen molar-refractivity contribution in [1.29, 1.82) is 0 Å². The molecular weight excluding hydrogens is 200 g/mol. The number of ether oxygens (including phenoxy) is 1. The third-order valence-electron chi connectivity index (χ3n) is 3.44.